The second kappa shape index (κ2) is 6.61. The molecule has 0 aromatic carbocycles. The summed E-state index contributed by atoms with van der Waals surface area (Å²) in [6.07, 6.45) is -3.57. The van der Waals surface area contributed by atoms with Gasteiger partial charge >= 0.3 is 6.18 Å². The van der Waals surface area contributed by atoms with Crippen molar-refractivity contribution < 1.29 is 13.2 Å². The van der Waals surface area contributed by atoms with Gasteiger partial charge in [0.05, 0.1) is 17.1 Å². The smallest absolute Gasteiger partial charge is 0.354 e. The second-order valence-corrected chi connectivity index (χ2v) is 5.52. The average molecular weight is 349 g/mol. The van der Waals surface area contributed by atoms with Crippen molar-refractivity contribution in [3.8, 4) is 0 Å². The van der Waals surface area contributed by atoms with Crippen LogP contribution >= 0.6 is 11.6 Å². The van der Waals surface area contributed by atoms with E-state index >= 15 is 0 Å². The summed E-state index contributed by atoms with van der Waals surface area (Å²) in [5, 5.41) is 13.6. The first-order valence-electron chi connectivity index (χ1n) is 6.80. The molecule has 0 spiro atoms. The molecule has 10 heteroatoms. The van der Waals surface area contributed by atoms with Crippen LogP contribution in [0.1, 0.15) is 25.2 Å². The molecule has 0 fully saturated rings. The normalized spacial score (nSPS) is 13.0. The van der Waals surface area contributed by atoms with Crippen LogP contribution in [0.4, 0.5) is 13.2 Å². The van der Waals surface area contributed by atoms with Gasteiger partial charge in [-0.15, -0.1) is 10.2 Å². The number of hydrogen-bond donors (Lipinski definition) is 2. The molecular weight excluding hydrogens is 333 g/mol. The molecule has 126 valence electrons. The summed E-state index contributed by atoms with van der Waals surface area (Å²) >= 11 is 5.86. The largest absolute Gasteiger partial charge is 0.417 e. The van der Waals surface area contributed by atoms with Gasteiger partial charge in [0.2, 0.25) is 0 Å². The molecule has 23 heavy (non-hydrogen) atoms. The Morgan fingerprint density at radius 2 is 2.09 bits per heavy atom. The van der Waals surface area contributed by atoms with Gasteiger partial charge in [-0.2, -0.15) is 13.2 Å². The lowest BCUT2D eigenvalue weighted by molar-refractivity contribution is -0.137. The lowest BCUT2D eigenvalue weighted by atomic mass is 10.3. The van der Waals surface area contributed by atoms with E-state index in [4.69, 9.17) is 11.6 Å². The number of alkyl halides is 3. The minimum Gasteiger partial charge on any atom is -0.354 e. The molecule has 0 atom stereocenters. The van der Waals surface area contributed by atoms with Gasteiger partial charge in [-0.05, 0) is 19.9 Å². The Labute approximate surface area is 135 Å². The first-order valence-corrected chi connectivity index (χ1v) is 7.17. The van der Waals surface area contributed by atoms with Crippen LogP contribution < -0.4 is 10.6 Å². The Hall–Kier alpha value is -2.03. The maximum atomic E-state index is 12.9. The van der Waals surface area contributed by atoms with Gasteiger partial charge in [0.1, 0.15) is 0 Å². The lowest BCUT2D eigenvalue weighted by Gasteiger charge is -2.14. The van der Waals surface area contributed by atoms with E-state index in [1.807, 2.05) is 13.8 Å². The topological polar surface area (TPSA) is 66.6 Å². The summed E-state index contributed by atoms with van der Waals surface area (Å²) in [6, 6.07) is 0.991. The van der Waals surface area contributed by atoms with Crippen LogP contribution in [0, 0.1) is 0 Å². The summed E-state index contributed by atoms with van der Waals surface area (Å²) in [4.78, 5) is 4.01. The SMILES string of the molecule is CN=C(NCc1nnc2c(Cl)cc(C(F)(F)F)cn12)NC(C)C. The summed E-state index contributed by atoms with van der Waals surface area (Å²) < 4.78 is 39.9. The lowest BCUT2D eigenvalue weighted by Crippen LogP contribution is -2.40. The minimum atomic E-state index is -4.50. The quantitative estimate of drug-likeness (QED) is 0.660. The fraction of sp³-hybridized carbons (Fsp3) is 0.462. The summed E-state index contributed by atoms with van der Waals surface area (Å²) in [7, 11) is 1.60. The highest BCUT2D eigenvalue weighted by Gasteiger charge is 2.32. The van der Waals surface area contributed by atoms with Crippen molar-refractivity contribution in [1.29, 1.82) is 0 Å². The molecule has 0 aliphatic rings. The Kier molecular flexibility index (Phi) is 4.98. The van der Waals surface area contributed by atoms with Crippen molar-refractivity contribution in [2.45, 2.75) is 32.6 Å². The molecule has 2 aromatic heterocycles. The van der Waals surface area contributed by atoms with Crippen LogP contribution in [-0.4, -0.2) is 33.6 Å². The number of nitrogens with one attached hydrogen (secondary N) is 2. The molecule has 0 unspecified atom stereocenters. The molecular formula is C13H16ClF3N6. The van der Waals surface area contributed by atoms with Gasteiger partial charge in [0.25, 0.3) is 0 Å². The van der Waals surface area contributed by atoms with E-state index in [2.05, 4.69) is 25.8 Å². The molecule has 2 N–H and O–H groups in total. The van der Waals surface area contributed by atoms with Crippen LogP contribution in [-0.2, 0) is 12.7 Å². The van der Waals surface area contributed by atoms with E-state index in [1.165, 1.54) is 4.40 Å². The molecule has 0 aliphatic carbocycles. The number of fused-ring (bicyclic) bond motifs is 1. The predicted octanol–water partition coefficient (Wildman–Crippen LogP) is 2.47. The Bertz CT molecular complexity index is 722. The molecule has 0 aliphatic heterocycles. The average Bonchev–Trinajstić information content (AvgIpc) is 2.85. The molecule has 2 aromatic rings. The van der Waals surface area contributed by atoms with E-state index in [0.29, 0.717) is 11.8 Å². The van der Waals surface area contributed by atoms with Crippen molar-refractivity contribution in [3.63, 3.8) is 0 Å². The van der Waals surface area contributed by atoms with Crippen molar-refractivity contribution in [3.05, 3.63) is 28.7 Å². The number of hydrogen-bond acceptors (Lipinski definition) is 3. The summed E-state index contributed by atoms with van der Waals surface area (Å²) in [6.45, 7) is 4.02. The third-order valence-corrected chi connectivity index (χ3v) is 3.20. The zero-order chi connectivity index (χ0) is 17.2. The first kappa shape index (κ1) is 17.3. The van der Waals surface area contributed by atoms with Gasteiger partial charge < -0.3 is 10.6 Å². The van der Waals surface area contributed by atoms with Crippen molar-refractivity contribution >= 4 is 23.2 Å². The highest BCUT2D eigenvalue weighted by atomic mass is 35.5. The van der Waals surface area contributed by atoms with Gasteiger partial charge in [-0.25, -0.2) is 0 Å². The van der Waals surface area contributed by atoms with E-state index in [0.717, 1.165) is 12.3 Å². The molecule has 0 amide bonds. The van der Waals surface area contributed by atoms with Crippen molar-refractivity contribution in [1.82, 2.24) is 25.2 Å². The Morgan fingerprint density at radius 3 is 2.65 bits per heavy atom. The predicted molar refractivity (Wildman–Crippen MR) is 81.5 cm³/mol. The Balaban J connectivity index is 2.30. The summed E-state index contributed by atoms with van der Waals surface area (Å²) in [5.74, 6) is 0.800. The molecule has 0 radical (unpaired) electrons. The standard InChI is InChI=1S/C13H16ClF3N6/c1-7(2)20-12(18-3)19-5-10-21-22-11-9(14)4-8(6-23(10)11)13(15,16)17/h4,6-7H,5H2,1-3H3,(H2,18,19,20). The highest BCUT2D eigenvalue weighted by Crippen LogP contribution is 2.32. The number of aliphatic imine (C=N–C) groups is 1. The number of rotatable bonds is 3. The minimum absolute atomic E-state index is 0.108. The molecule has 0 saturated carbocycles. The fourth-order valence-electron chi connectivity index (χ4n) is 1.91. The van der Waals surface area contributed by atoms with Gasteiger partial charge in [0.15, 0.2) is 17.4 Å². The fourth-order valence-corrected chi connectivity index (χ4v) is 2.15. The van der Waals surface area contributed by atoms with E-state index in [9.17, 15) is 13.2 Å². The molecule has 2 heterocycles. The second-order valence-electron chi connectivity index (χ2n) is 5.11. The van der Waals surface area contributed by atoms with E-state index in [-0.39, 0.29) is 23.3 Å². The van der Waals surface area contributed by atoms with Gasteiger partial charge in [-0.1, -0.05) is 11.6 Å². The third-order valence-electron chi connectivity index (χ3n) is 2.92. The molecule has 0 saturated heterocycles. The number of guanidine groups is 1. The summed E-state index contributed by atoms with van der Waals surface area (Å²) in [5.41, 5.74) is -0.691. The van der Waals surface area contributed by atoms with E-state index in [1.54, 1.807) is 7.05 Å². The zero-order valence-corrected chi connectivity index (χ0v) is 13.5. The maximum Gasteiger partial charge on any atom is 0.417 e. The van der Waals surface area contributed by atoms with Crippen LogP contribution in [0.3, 0.4) is 0 Å². The molecule has 2 rings (SSSR count). The van der Waals surface area contributed by atoms with Crippen LogP contribution in [0.2, 0.25) is 5.02 Å². The number of pyridine rings is 1. The molecule has 6 nitrogen and oxygen atoms in total. The van der Waals surface area contributed by atoms with E-state index < -0.39 is 11.7 Å². The third kappa shape index (κ3) is 4.04. The van der Waals surface area contributed by atoms with Crippen LogP contribution in [0.5, 0.6) is 0 Å². The number of halogens is 4. The first-order chi connectivity index (χ1) is 10.7. The highest BCUT2D eigenvalue weighted by molar-refractivity contribution is 6.33. The van der Waals surface area contributed by atoms with Crippen molar-refractivity contribution in [2.75, 3.05) is 7.05 Å². The van der Waals surface area contributed by atoms with Crippen LogP contribution in [0.25, 0.3) is 5.65 Å². The zero-order valence-electron chi connectivity index (χ0n) is 12.7. The maximum absolute atomic E-state index is 12.9. The van der Waals surface area contributed by atoms with Crippen molar-refractivity contribution in [2.24, 2.45) is 4.99 Å². The Morgan fingerprint density at radius 1 is 1.39 bits per heavy atom. The number of nitrogens with zero attached hydrogens (tertiary/aromatic N) is 4. The van der Waals surface area contributed by atoms with Gasteiger partial charge in [-0.3, -0.25) is 9.39 Å². The monoisotopic (exact) mass is 348 g/mol. The van der Waals surface area contributed by atoms with Crippen LogP contribution in [0.15, 0.2) is 17.3 Å². The molecule has 0 bridgehead atoms. The van der Waals surface area contributed by atoms with Gasteiger partial charge in [0, 0.05) is 19.3 Å². The number of aromatic nitrogens is 3.